The standard InChI is InChI=1S/C27H25FN4O3S/c1-34-24-8-3-2-7-23(24)31-13-15-32(16-14-31)26(33)20-5-4-6-22(18-20)35-27-29-25(30-36-27)17-19-9-11-21(28)12-10-19/h2-12,18H,13-17H2,1H3. The van der Waals surface area contributed by atoms with E-state index in [4.69, 9.17) is 9.47 Å². The van der Waals surface area contributed by atoms with Gasteiger partial charge in [0.25, 0.3) is 11.1 Å². The highest BCUT2D eigenvalue weighted by atomic mass is 32.1. The molecule has 4 aromatic rings. The summed E-state index contributed by atoms with van der Waals surface area (Å²) in [7, 11) is 1.67. The van der Waals surface area contributed by atoms with Crippen LogP contribution in [0.3, 0.4) is 0 Å². The van der Waals surface area contributed by atoms with E-state index in [2.05, 4.69) is 14.3 Å². The van der Waals surface area contributed by atoms with Crippen molar-refractivity contribution in [2.75, 3.05) is 38.2 Å². The van der Waals surface area contributed by atoms with Crippen LogP contribution in [0.4, 0.5) is 10.1 Å². The van der Waals surface area contributed by atoms with Crippen LogP contribution >= 0.6 is 11.5 Å². The molecule has 7 nitrogen and oxygen atoms in total. The first kappa shape index (κ1) is 23.7. The van der Waals surface area contributed by atoms with E-state index < -0.39 is 0 Å². The number of benzene rings is 3. The Morgan fingerprint density at radius 3 is 2.56 bits per heavy atom. The molecule has 0 atom stereocenters. The van der Waals surface area contributed by atoms with Crippen LogP contribution in [0.2, 0.25) is 0 Å². The summed E-state index contributed by atoms with van der Waals surface area (Å²) in [5, 5.41) is 0.391. The fourth-order valence-electron chi connectivity index (χ4n) is 4.15. The number of carbonyl (C=O) groups excluding carboxylic acids is 1. The molecule has 1 aliphatic heterocycles. The summed E-state index contributed by atoms with van der Waals surface area (Å²) < 4.78 is 28.8. The Kier molecular flexibility index (Phi) is 7.08. The quantitative estimate of drug-likeness (QED) is 0.352. The maximum absolute atomic E-state index is 13.2. The van der Waals surface area contributed by atoms with E-state index in [1.165, 1.54) is 12.1 Å². The highest BCUT2D eigenvalue weighted by Crippen LogP contribution is 2.29. The molecule has 0 N–H and O–H groups in total. The van der Waals surface area contributed by atoms with E-state index in [1.54, 1.807) is 43.5 Å². The second kappa shape index (κ2) is 10.7. The van der Waals surface area contributed by atoms with E-state index in [9.17, 15) is 9.18 Å². The zero-order valence-corrected chi connectivity index (χ0v) is 20.6. The summed E-state index contributed by atoms with van der Waals surface area (Å²) in [5.74, 6) is 1.65. The van der Waals surface area contributed by atoms with Gasteiger partial charge in [0.15, 0.2) is 5.82 Å². The Bertz CT molecular complexity index is 1340. The number of halogens is 1. The van der Waals surface area contributed by atoms with Gasteiger partial charge in [0.1, 0.15) is 17.3 Å². The number of rotatable bonds is 7. The Labute approximate surface area is 212 Å². The fourth-order valence-corrected chi connectivity index (χ4v) is 4.72. The van der Waals surface area contributed by atoms with Gasteiger partial charge in [0.05, 0.1) is 12.8 Å². The smallest absolute Gasteiger partial charge is 0.298 e. The van der Waals surface area contributed by atoms with Gasteiger partial charge in [-0.15, -0.1) is 0 Å². The number of carbonyl (C=O) groups is 1. The minimum Gasteiger partial charge on any atom is -0.495 e. The number of piperazine rings is 1. The predicted octanol–water partition coefficient (Wildman–Crippen LogP) is 5.03. The fraction of sp³-hybridized carbons (Fsp3) is 0.222. The Balaban J connectivity index is 1.20. The number of ether oxygens (including phenoxy) is 2. The lowest BCUT2D eigenvalue weighted by molar-refractivity contribution is 0.0746. The molecule has 3 aromatic carbocycles. The lowest BCUT2D eigenvalue weighted by atomic mass is 10.1. The van der Waals surface area contributed by atoms with Crippen molar-refractivity contribution in [3.05, 3.63) is 95.6 Å². The Morgan fingerprint density at radius 2 is 1.78 bits per heavy atom. The molecule has 1 fully saturated rings. The number of methoxy groups -OCH3 is 1. The molecule has 36 heavy (non-hydrogen) atoms. The molecule has 1 aliphatic rings. The van der Waals surface area contributed by atoms with Gasteiger partial charge in [-0.05, 0) is 48.0 Å². The van der Waals surface area contributed by atoms with Crippen molar-refractivity contribution in [1.82, 2.24) is 14.3 Å². The molecule has 5 rings (SSSR count). The van der Waals surface area contributed by atoms with Gasteiger partial charge in [-0.25, -0.2) is 4.39 Å². The van der Waals surface area contributed by atoms with Crippen molar-refractivity contribution in [3.63, 3.8) is 0 Å². The highest BCUT2D eigenvalue weighted by Gasteiger charge is 2.24. The number of hydrogen-bond donors (Lipinski definition) is 0. The molecule has 1 amide bonds. The van der Waals surface area contributed by atoms with Crippen LogP contribution in [0.1, 0.15) is 21.7 Å². The van der Waals surface area contributed by atoms with Crippen LogP contribution in [-0.4, -0.2) is 53.5 Å². The van der Waals surface area contributed by atoms with Crippen molar-refractivity contribution in [3.8, 4) is 16.7 Å². The van der Waals surface area contributed by atoms with Crippen LogP contribution < -0.4 is 14.4 Å². The maximum Gasteiger partial charge on any atom is 0.298 e. The summed E-state index contributed by atoms with van der Waals surface area (Å²) in [6.45, 7) is 2.68. The summed E-state index contributed by atoms with van der Waals surface area (Å²) >= 11 is 1.14. The third kappa shape index (κ3) is 5.46. The highest BCUT2D eigenvalue weighted by molar-refractivity contribution is 7.07. The van der Waals surface area contributed by atoms with Crippen molar-refractivity contribution in [2.24, 2.45) is 0 Å². The van der Waals surface area contributed by atoms with Gasteiger partial charge in [-0.3, -0.25) is 4.79 Å². The maximum atomic E-state index is 13.2. The van der Waals surface area contributed by atoms with Crippen molar-refractivity contribution in [1.29, 1.82) is 0 Å². The summed E-state index contributed by atoms with van der Waals surface area (Å²) in [4.78, 5) is 21.7. The van der Waals surface area contributed by atoms with Crippen LogP contribution in [0.15, 0.2) is 72.8 Å². The third-order valence-corrected chi connectivity index (χ3v) is 6.64. The molecule has 0 radical (unpaired) electrons. The number of aromatic nitrogens is 2. The summed E-state index contributed by atoms with van der Waals surface area (Å²) in [6, 6.07) is 21.3. The molecule has 1 saturated heterocycles. The second-order valence-electron chi connectivity index (χ2n) is 8.36. The minimum atomic E-state index is -0.276. The zero-order valence-electron chi connectivity index (χ0n) is 19.8. The van der Waals surface area contributed by atoms with Crippen molar-refractivity contribution in [2.45, 2.75) is 6.42 Å². The topological polar surface area (TPSA) is 67.8 Å². The molecule has 9 heteroatoms. The van der Waals surface area contributed by atoms with Gasteiger partial charge >= 0.3 is 0 Å². The minimum absolute atomic E-state index is 0.0330. The first-order chi connectivity index (χ1) is 17.6. The monoisotopic (exact) mass is 504 g/mol. The van der Waals surface area contributed by atoms with Gasteiger partial charge in [-0.1, -0.05) is 30.3 Å². The molecular weight excluding hydrogens is 479 g/mol. The molecule has 184 valence electrons. The molecule has 0 aliphatic carbocycles. The Hall–Kier alpha value is -3.98. The zero-order chi connectivity index (χ0) is 24.9. The Morgan fingerprint density at radius 1 is 1.00 bits per heavy atom. The SMILES string of the molecule is COc1ccccc1N1CCN(C(=O)c2cccc(Oc3nc(Cc4ccc(F)cc4)ns3)c2)CC1. The average molecular weight is 505 g/mol. The van der Waals surface area contributed by atoms with Crippen LogP contribution in [0.25, 0.3) is 0 Å². The third-order valence-electron chi connectivity index (χ3n) is 6.00. The lowest BCUT2D eigenvalue weighted by Crippen LogP contribution is -2.48. The molecule has 0 saturated carbocycles. The van der Waals surface area contributed by atoms with Gasteiger partial charge < -0.3 is 19.3 Å². The van der Waals surface area contributed by atoms with Gasteiger partial charge in [0.2, 0.25) is 0 Å². The summed E-state index contributed by atoms with van der Waals surface area (Å²) in [6.07, 6.45) is 0.486. The lowest BCUT2D eigenvalue weighted by Gasteiger charge is -2.36. The summed E-state index contributed by atoms with van der Waals surface area (Å²) in [5.41, 5.74) is 2.52. The first-order valence-corrected chi connectivity index (χ1v) is 12.4. The van der Waals surface area contributed by atoms with E-state index in [-0.39, 0.29) is 11.7 Å². The average Bonchev–Trinajstić information content (AvgIpc) is 3.36. The van der Waals surface area contributed by atoms with E-state index in [0.717, 1.165) is 41.6 Å². The first-order valence-electron chi connectivity index (χ1n) is 11.6. The molecule has 0 bridgehead atoms. The normalized spacial score (nSPS) is 13.5. The van der Waals surface area contributed by atoms with E-state index in [1.807, 2.05) is 29.2 Å². The molecule has 1 aromatic heterocycles. The van der Waals surface area contributed by atoms with Crippen LogP contribution in [0.5, 0.6) is 16.7 Å². The van der Waals surface area contributed by atoms with Gasteiger partial charge in [0, 0.05) is 49.7 Å². The van der Waals surface area contributed by atoms with E-state index >= 15 is 0 Å². The van der Waals surface area contributed by atoms with Crippen LogP contribution in [-0.2, 0) is 6.42 Å². The molecule has 0 unspecified atom stereocenters. The molecule has 2 heterocycles. The number of anilines is 1. The van der Waals surface area contributed by atoms with Crippen molar-refractivity contribution < 1.29 is 18.7 Å². The largest absolute Gasteiger partial charge is 0.495 e. The number of nitrogens with zero attached hydrogens (tertiary/aromatic N) is 4. The molecule has 0 spiro atoms. The van der Waals surface area contributed by atoms with E-state index in [0.29, 0.717) is 41.8 Å². The van der Waals surface area contributed by atoms with Crippen molar-refractivity contribution >= 4 is 23.1 Å². The predicted molar refractivity (Wildman–Crippen MR) is 137 cm³/mol. The van der Waals surface area contributed by atoms with Crippen LogP contribution in [0, 0.1) is 5.82 Å². The second-order valence-corrected chi connectivity index (χ2v) is 9.08. The molecular formula is C27H25FN4O3S. The number of amides is 1. The number of para-hydroxylation sites is 2. The van der Waals surface area contributed by atoms with Gasteiger partial charge in [-0.2, -0.15) is 9.36 Å². The number of hydrogen-bond acceptors (Lipinski definition) is 7.